The Morgan fingerprint density at radius 2 is 1.77 bits per heavy atom. The maximum absolute atomic E-state index is 11.6. The first-order chi connectivity index (χ1) is 10.8. The van der Waals surface area contributed by atoms with Crippen molar-refractivity contribution >= 4 is 33.0 Å². The second-order valence-electron chi connectivity index (χ2n) is 5.88. The molecule has 0 amide bonds. The van der Waals surface area contributed by atoms with Gasteiger partial charge in [0.05, 0.1) is 5.69 Å². The summed E-state index contributed by atoms with van der Waals surface area (Å²) in [6.07, 6.45) is 4.87. The van der Waals surface area contributed by atoms with Crippen LogP contribution in [0.2, 0.25) is 0 Å². The number of aromatic nitrogens is 2. The van der Waals surface area contributed by atoms with E-state index in [9.17, 15) is 4.79 Å². The molecule has 3 aromatic rings. The molecule has 2 aliphatic carbocycles. The van der Waals surface area contributed by atoms with Gasteiger partial charge in [-0.2, -0.15) is 0 Å². The van der Waals surface area contributed by atoms with Crippen LogP contribution in [-0.2, 0) is 11.2 Å². The van der Waals surface area contributed by atoms with Crippen molar-refractivity contribution < 1.29 is 4.79 Å². The third kappa shape index (κ3) is 1.48. The average Bonchev–Trinajstić information content (AvgIpc) is 2.92. The van der Waals surface area contributed by atoms with E-state index >= 15 is 0 Å². The average molecular weight is 284 g/mol. The molecule has 2 aromatic carbocycles. The van der Waals surface area contributed by atoms with Crippen molar-refractivity contribution in [1.29, 1.82) is 0 Å². The molecule has 0 saturated carbocycles. The Balaban J connectivity index is 1.81. The number of hydrogen-bond acceptors (Lipinski definition) is 3. The smallest absolute Gasteiger partial charge is 0.159 e. The molecule has 3 heteroatoms. The maximum atomic E-state index is 11.6. The molecule has 0 bridgehead atoms. The Hall–Kier alpha value is -2.81. The number of fused-ring (bicyclic) bond motifs is 6. The zero-order chi connectivity index (χ0) is 14.7. The van der Waals surface area contributed by atoms with Crippen molar-refractivity contribution in [2.75, 3.05) is 0 Å². The van der Waals surface area contributed by atoms with Gasteiger partial charge < -0.3 is 0 Å². The van der Waals surface area contributed by atoms with Crippen LogP contribution in [0.15, 0.2) is 54.1 Å². The molecule has 0 atom stereocenters. The highest BCUT2D eigenvalue weighted by Gasteiger charge is 2.27. The highest BCUT2D eigenvalue weighted by molar-refractivity contribution is 6.08. The molecule has 0 radical (unpaired) electrons. The minimum absolute atomic E-state index is 0.175. The van der Waals surface area contributed by atoms with Crippen LogP contribution in [0.1, 0.15) is 17.7 Å². The normalized spacial score (nSPS) is 16.5. The Kier molecular flexibility index (Phi) is 2.20. The van der Waals surface area contributed by atoms with Crippen LogP contribution in [0.5, 0.6) is 0 Å². The van der Waals surface area contributed by atoms with E-state index in [-0.39, 0.29) is 5.78 Å². The van der Waals surface area contributed by atoms with Gasteiger partial charge in [-0.3, -0.25) is 4.79 Å². The third-order valence-electron chi connectivity index (χ3n) is 4.61. The monoisotopic (exact) mass is 284 g/mol. The molecule has 0 N–H and O–H groups in total. The summed E-state index contributed by atoms with van der Waals surface area (Å²) in [4.78, 5) is 11.6. The van der Waals surface area contributed by atoms with Gasteiger partial charge >= 0.3 is 0 Å². The molecule has 5 rings (SSSR count). The largest absolute Gasteiger partial charge is 0.294 e. The number of benzene rings is 2. The first kappa shape index (κ1) is 11.8. The van der Waals surface area contributed by atoms with Gasteiger partial charge in [0, 0.05) is 22.8 Å². The zero-order valence-electron chi connectivity index (χ0n) is 11.8. The lowest BCUT2D eigenvalue weighted by molar-refractivity contribution is -0.114. The number of allylic oxidation sites excluding steroid dienone is 4. The number of carbonyl (C=O) groups is 1. The summed E-state index contributed by atoms with van der Waals surface area (Å²) in [5, 5.41) is 12.4. The van der Waals surface area contributed by atoms with Crippen LogP contribution in [0.3, 0.4) is 0 Å². The van der Waals surface area contributed by atoms with Crippen molar-refractivity contribution in [1.82, 2.24) is 10.2 Å². The molecule has 1 aromatic heterocycles. The minimum atomic E-state index is 0.175. The maximum Gasteiger partial charge on any atom is 0.159 e. The van der Waals surface area contributed by atoms with E-state index in [1.165, 1.54) is 16.5 Å². The van der Waals surface area contributed by atoms with E-state index in [1.54, 1.807) is 6.08 Å². The van der Waals surface area contributed by atoms with E-state index in [0.717, 1.165) is 34.0 Å². The first-order valence-electron chi connectivity index (χ1n) is 7.41. The second-order valence-corrected chi connectivity index (χ2v) is 5.88. The van der Waals surface area contributed by atoms with E-state index in [0.29, 0.717) is 6.42 Å². The number of hydrogen-bond donors (Lipinski definition) is 0. The molecule has 3 nitrogen and oxygen atoms in total. The van der Waals surface area contributed by atoms with E-state index in [4.69, 9.17) is 0 Å². The highest BCUT2D eigenvalue weighted by atomic mass is 16.1. The lowest BCUT2D eigenvalue weighted by atomic mass is 9.98. The zero-order valence-corrected chi connectivity index (χ0v) is 11.8. The van der Waals surface area contributed by atoms with Crippen LogP contribution < -0.4 is 0 Å². The Morgan fingerprint density at radius 3 is 2.73 bits per heavy atom. The lowest BCUT2D eigenvalue weighted by Gasteiger charge is -2.07. The predicted octanol–water partition coefficient (Wildman–Crippen LogP) is 3.62. The fourth-order valence-corrected chi connectivity index (χ4v) is 3.57. The summed E-state index contributed by atoms with van der Waals surface area (Å²) < 4.78 is 0. The Morgan fingerprint density at radius 1 is 0.864 bits per heavy atom. The van der Waals surface area contributed by atoms with Gasteiger partial charge in [-0.1, -0.05) is 36.4 Å². The molecule has 0 spiro atoms. The van der Waals surface area contributed by atoms with Gasteiger partial charge in [0.1, 0.15) is 5.52 Å². The summed E-state index contributed by atoms with van der Waals surface area (Å²) >= 11 is 0. The summed E-state index contributed by atoms with van der Waals surface area (Å²) in [6.45, 7) is 0. The van der Waals surface area contributed by atoms with E-state index < -0.39 is 0 Å². The second kappa shape index (κ2) is 4.10. The van der Waals surface area contributed by atoms with E-state index in [1.807, 2.05) is 18.2 Å². The fraction of sp³-hybridized carbons (Fsp3) is 0.105. The third-order valence-corrected chi connectivity index (χ3v) is 4.61. The molecule has 0 saturated heterocycles. The Labute approximate surface area is 127 Å². The van der Waals surface area contributed by atoms with Gasteiger partial charge in [0.15, 0.2) is 5.78 Å². The highest BCUT2D eigenvalue weighted by Crippen LogP contribution is 2.40. The van der Waals surface area contributed by atoms with Gasteiger partial charge in [0.2, 0.25) is 0 Å². The van der Waals surface area contributed by atoms with Crippen molar-refractivity contribution in [2.45, 2.75) is 12.8 Å². The molecule has 0 unspecified atom stereocenters. The molecule has 0 aliphatic heterocycles. The lowest BCUT2D eigenvalue weighted by Crippen LogP contribution is -2.00. The van der Waals surface area contributed by atoms with Gasteiger partial charge in [-0.15, -0.1) is 10.2 Å². The molecule has 0 fully saturated rings. The predicted molar refractivity (Wildman–Crippen MR) is 86.4 cm³/mol. The number of ketones is 1. The van der Waals surface area contributed by atoms with Crippen LogP contribution in [0, 0.1) is 0 Å². The molecular weight excluding hydrogens is 272 g/mol. The van der Waals surface area contributed by atoms with Crippen molar-refractivity contribution in [2.24, 2.45) is 0 Å². The Bertz CT molecular complexity index is 1040. The summed E-state index contributed by atoms with van der Waals surface area (Å²) in [5.41, 5.74) is 5.38. The van der Waals surface area contributed by atoms with Crippen molar-refractivity contribution in [3.63, 3.8) is 0 Å². The first-order valence-corrected chi connectivity index (χ1v) is 7.41. The van der Waals surface area contributed by atoms with Gasteiger partial charge in [0.25, 0.3) is 0 Å². The SMILES string of the molecule is O=C1C=CC2=C(C1)Cc1c2nnc2c1ccc1ccccc12. The number of nitrogens with zero attached hydrogens (tertiary/aromatic N) is 2. The van der Waals surface area contributed by atoms with Crippen molar-refractivity contribution in [3.8, 4) is 0 Å². The van der Waals surface area contributed by atoms with Crippen LogP contribution >= 0.6 is 0 Å². The topological polar surface area (TPSA) is 42.9 Å². The summed E-state index contributed by atoms with van der Waals surface area (Å²) in [5.74, 6) is 0.175. The molecule has 1 heterocycles. The molecule has 104 valence electrons. The number of carbonyl (C=O) groups excluding carboxylic acids is 1. The fourth-order valence-electron chi connectivity index (χ4n) is 3.57. The minimum Gasteiger partial charge on any atom is -0.294 e. The summed E-state index contributed by atoms with van der Waals surface area (Å²) in [6, 6.07) is 12.5. The van der Waals surface area contributed by atoms with Crippen LogP contribution in [0.25, 0.3) is 27.2 Å². The molecule has 22 heavy (non-hydrogen) atoms. The summed E-state index contributed by atoms with van der Waals surface area (Å²) in [7, 11) is 0. The van der Waals surface area contributed by atoms with Crippen LogP contribution in [0.4, 0.5) is 0 Å². The standard InChI is InChI=1S/C19H12N2O/c22-13-6-8-15-12(9-13)10-17-16-7-5-11-3-1-2-4-14(11)18(16)20-21-19(15)17/h1-8H,9-10H2. The quantitative estimate of drug-likeness (QED) is 0.592. The van der Waals surface area contributed by atoms with Crippen molar-refractivity contribution in [3.05, 3.63) is 65.4 Å². The van der Waals surface area contributed by atoms with E-state index in [2.05, 4.69) is 34.5 Å². The van der Waals surface area contributed by atoms with Gasteiger partial charge in [-0.25, -0.2) is 0 Å². The van der Waals surface area contributed by atoms with Crippen LogP contribution in [-0.4, -0.2) is 16.0 Å². The molecule has 2 aliphatic rings. The van der Waals surface area contributed by atoms with Gasteiger partial charge in [-0.05, 0) is 35.1 Å². The molecular formula is C19H12N2O. The number of rotatable bonds is 0.